The second kappa shape index (κ2) is 6.73. The van der Waals surface area contributed by atoms with Crippen LogP contribution in [0.5, 0.6) is 5.88 Å². The number of hydrogen-bond donors (Lipinski definition) is 2. The third-order valence-electron chi connectivity index (χ3n) is 6.16. The van der Waals surface area contributed by atoms with E-state index in [1.807, 2.05) is 13.8 Å². The fraction of sp³-hybridized carbons (Fsp3) is 0.500. The number of nitrogens with zero attached hydrogens (tertiary/aromatic N) is 3. The number of ether oxygens (including phenoxy) is 1. The van der Waals surface area contributed by atoms with E-state index in [9.17, 15) is 17.8 Å². The van der Waals surface area contributed by atoms with Gasteiger partial charge in [0.05, 0.1) is 11.7 Å². The predicted molar refractivity (Wildman–Crippen MR) is 110 cm³/mol. The first kappa shape index (κ1) is 20.4. The number of hydrogen-bond acceptors (Lipinski definition) is 4. The van der Waals surface area contributed by atoms with Crippen molar-refractivity contribution < 1.29 is 22.5 Å². The summed E-state index contributed by atoms with van der Waals surface area (Å²) in [5, 5.41) is 12.7. The van der Waals surface area contributed by atoms with Gasteiger partial charge in [-0.15, -0.1) is 4.36 Å². The van der Waals surface area contributed by atoms with E-state index in [0.717, 1.165) is 6.42 Å². The van der Waals surface area contributed by atoms with Gasteiger partial charge in [0.25, 0.3) is 0 Å². The van der Waals surface area contributed by atoms with Gasteiger partial charge in [0.15, 0.2) is 9.92 Å². The van der Waals surface area contributed by atoms with Crippen LogP contribution < -0.4 is 15.2 Å². The van der Waals surface area contributed by atoms with E-state index in [0.29, 0.717) is 47.4 Å². The minimum Gasteiger partial charge on any atom is -0.474 e. The SMILES string of the molecule is CC1(C)COc2c([S@@](N)(=O)=NC(=O)Nc3c4c(c(F)c5c3C[C@@H](F)C5)CCC4)cnn21. The molecule has 0 fully saturated rings. The van der Waals surface area contributed by atoms with E-state index in [2.05, 4.69) is 14.8 Å². The molecule has 11 heteroatoms. The lowest BCUT2D eigenvalue weighted by Crippen LogP contribution is -2.26. The Bertz CT molecular complexity index is 1250. The Morgan fingerprint density at radius 1 is 1.32 bits per heavy atom. The minimum absolute atomic E-state index is 0.0161. The van der Waals surface area contributed by atoms with Gasteiger partial charge < -0.3 is 10.1 Å². The van der Waals surface area contributed by atoms with Gasteiger partial charge in [-0.25, -0.2) is 27.6 Å². The number of anilines is 1. The molecule has 3 aliphatic rings. The number of fused-ring (bicyclic) bond motifs is 3. The highest BCUT2D eigenvalue weighted by Crippen LogP contribution is 2.42. The van der Waals surface area contributed by atoms with Crippen molar-refractivity contribution in [2.45, 2.75) is 62.6 Å². The molecule has 0 radical (unpaired) electrons. The molecule has 0 saturated carbocycles. The number of rotatable bonds is 2. The fourth-order valence-electron chi connectivity index (χ4n) is 4.71. The maximum absolute atomic E-state index is 14.8. The lowest BCUT2D eigenvalue weighted by atomic mass is 9.98. The first-order valence-corrected chi connectivity index (χ1v) is 11.7. The van der Waals surface area contributed by atoms with Crippen LogP contribution in [0, 0.1) is 5.82 Å². The van der Waals surface area contributed by atoms with Crippen LogP contribution in [0.1, 0.15) is 42.5 Å². The Hall–Kier alpha value is -2.53. The minimum atomic E-state index is -3.65. The zero-order valence-corrected chi connectivity index (χ0v) is 18.0. The molecule has 1 aromatic carbocycles. The van der Waals surface area contributed by atoms with E-state index in [4.69, 9.17) is 9.88 Å². The zero-order chi connectivity index (χ0) is 22.1. The largest absolute Gasteiger partial charge is 0.474 e. The van der Waals surface area contributed by atoms with Crippen LogP contribution in [-0.4, -0.2) is 32.8 Å². The number of halogens is 2. The van der Waals surface area contributed by atoms with Crippen LogP contribution in [0.25, 0.3) is 0 Å². The molecule has 1 aromatic heterocycles. The van der Waals surface area contributed by atoms with Crippen LogP contribution in [0.4, 0.5) is 19.3 Å². The molecule has 166 valence electrons. The Kier molecular flexibility index (Phi) is 4.43. The van der Waals surface area contributed by atoms with Crippen LogP contribution in [-0.2, 0) is 41.1 Å². The zero-order valence-electron chi connectivity index (χ0n) is 17.2. The van der Waals surface area contributed by atoms with Gasteiger partial charge in [-0.2, -0.15) is 5.10 Å². The highest BCUT2D eigenvalue weighted by atomic mass is 32.2. The van der Waals surface area contributed by atoms with Gasteiger partial charge in [-0.1, -0.05) is 0 Å². The highest BCUT2D eigenvalue weighted by molar-refractivity contribution is 7.91. The summed E-state index contributed by atoms with van der Waals surface area (Å²) in [6, 6.07) is -0.935. The predicted octanol–water partition coefficient (Wildman–Crippen LogP) is 3.01. The molecule has 3 N–H and O–H groups in total. The molecule has 1 aliphatic heterocycles. The first-order chi connectivity index (χ1) is 14.6. The van der Waals surface area contributed by atoms with E-state index >= 15 is 0 Å². The Morgan fingerprint density at radius 2 is 2.03 bits per heavy atom. The van der Waals surface area contributed by atoms with Gasteiger partial charge >= 0.3 is 6.03 Å². The monoisotopic (exact) mass is 451 g/mol. The maximum Gasteiger partial charge on any atom is 0.354 e. The maximum atomic E-state index is 14.8. The molecule has 8 nitrogen and oxygen atoms in total. The Labute approximate surface area is 178 Å². The Morgan fingerprint density at radius 3 is 2.81 bits per heavy atom. The van der Waals surface area contributed by atoms with Crippen molar-refractivity contribution in [2.75, 3.05) is 11.9 Å². The summed E-state index contributed by atoms with van der Waals surface area (Å²) in [5.74, 6) is -0.145. The van der Waals surface area contributed by atoms with E-state index in [1.54, 1.807) is 4.68 Å². The standard InChI is InChI=1S/C20H23F2N5O3S/c1-20(2)9-30-18-15(8-24-27(18)20)31(23,29)26-19(28)25-17-12-5-3-4-11(12)16(22)13-6-10(21)7-14(13)17/h8,10H,3-7,9H2,1-2H3,(H3,23,25,26,28,29)/t10-,31-/m0/s1. The molecular formula is C20H23F2N5O3S. The lowest BCUT2D eigenvalue weighted by molar-refractivity contribution is 0.259. The number of carbonyl (C=O) groups is 1. The molecule has 2 atom stereocenters. The molecule has 31 heavy (non-hydrogen) atoms. The van der Waals surface area contributed by atoms with E-state index in [1.165, 1.54) is 6.20 Å². The van der Waals surface area contributed by atoms with Crippen LogP contribution in [0.2, 0.25) is 0 Å². The van der Waals surface area contributed by atoms with Gasteiger partial charge in [0, 0.05) is 18.5 Å². The molecule has 0 saturated heterocycles. The van der Waals surface area contributed by atoms with Crippen molar-refractivity contribution in [1.82, 2.24) is 9.78 Å². The normalized spacial score (nSPS) is 22.3. The number of benzene rings is 1. The van der Waals surface area contributed by atoms with Crippen molar-refractivity contribution in [2.24, 2.45) is 9.50 Å². The molecule has 0 spiro atoms. The van der Waals surface area contributed by atoms with Crippen molar-refractivity contribution in [3.05, 3.63) is 34.3 Å². The number of amides is 2. The second-order valence-electron chi connectivity index (χ2n) is 8.88. The molecule has 2 heterocycles. The summed E-state index contributed by atoms with van der Waals surface area (Å²) in [5.41, 5.74) is 1.88. The second-order valence-corrected chi connectivity index (χ2v) is 10.6. The van der Waals surface area contributed by atoms with Crippen LogP contribution >= 0.6 is 0 Å². The lowest BCUT2D eigenvalue weighted by Gasteiger charge is -2.16. The molecule has 0 bridgehead atoms. The quantitative estimate of drug-likeness (QED) is 0.731. The van der Waals surface area contributed by atoms with Crippen molar-refractivity contribution in [3.63, 3.8) is 0 Å². The van der Waals surface area contributed by atoms with Crippen molar-refractivity contribution in [1.29, 1.82) is 0 Å². The summed E-state index contributed by atoms with van der Waals surface area (Å²) in [6.45, 7) is 4.12. The Balaban J connectivity index is 1.51. The van der Waals surface area contributed by atoms with E-state index < -0.39 is 27.7 Å². The van der Waals surface area contributed by atoms with Crippen LogP contribution in [0.15, 0.2) is 15.5 Å². The summed E-state index contributed by atoms with van der Waals surface area (Å²) < 4.78 is 52.8. The van der Waals surface area contributed by atoms with Gasteiger partial charge in [0.1, 0.15) is 23.5 Å². The van der Waals surface area contributed by atoms with Crippen molar-refractivity contribution >= 4 is 21.6 Å². The number of nitrogens with two attached hydrogens (primary N) is 1. The summed E-state index contributed by atoms with van der Waals surface area (Å²) in [7, 11) is -3.65. The molecule has 0 unspecified atom stereocenters. The smallest absolute Gasteiger partial charge is 0.354 e. The van der Waals surface area contributed by atoms with Gasteiger partial charge in [-0.3, -0.25) is 0 Å². The third-order valence-corrected chi connectivity index (χ3v) is 7.51. The molecule has 5 rings (SSSR count). The fourth-order valence-corrected chi connectivity index (χ4v) is 5.69. The molecule has 2 aromatic rings. The number of urea groups is 1. The number of carbonyl (C=O) groups excluding carboxylic acids is 1. The summed E-state index contributed by atoms with van der Waals surface area (Å²) >= 11 is 0. The van der Waals surface area contributed by atoms with Gasteiger partial charge in [0.2, 0.25) is 5.88 Å². The van der Waals surface area contributed by atoms with Crippen LogP contribution in [0.3, 0.4) is 0 Å². The average Bonchev–Trinajstić information content (AvgIpc) is 3.43. The topological polar surface area (TPSA) is 112 Å². The third kappa shape index (κ3) is 3.13. The molecule has 2 amide bonds. The van der Waals surface area contributed by atoms with Gasteiger partial charge in [-0.05, 0) is 55.4 Å². The number of nitrogens with one attached hydrogen (secondary N) is 1. The molecule has 2 aliphatic carbocycles. The average molecular weight is 451 g/mol. The van der Waals surface area contributed by atoms with Crippen molar-refractivity contribution in [3.8, 4) is 5.88 Å². The first-order valence-electron chi connectivity index (χ1n) is 10.1. The highest BCUT2D eigenvalue weighted by Gasteiger charge is 2.37. The number of alkyl halides is 1. The molecular weight excluding hydrogens is 428 g/mol. The summed E-state index contributed by atoms with van der Waals surface area (Å²) in [6.07, 6.45) is 1.95. The number of aromatic nitrogens is 2. The van der Waals surface area contributed by atoms with E-state index in [-0.39, 0.29) is 29.4 Å². The summed E-state index contributed by atoms with van der Waals surface area (Å²) in [4.78, 5) is 12.8.